The number of hydrogen-bond acceptors (Lipinski definition) is 4. The Balaban J connectivity index is 1.87. The maximum atomic E-state index is 9.44. The summed E-state index contributed by atoms with van der Waals surface area (Å²) in [5.41, 5.74) is 7.10. The van der Waals surface area contributed by atoms with Crippen LogP contribution < -0.4 is 10.4 Å². The zero-order chi connectivity index (χ0) is 23.3. The lowest BCUT2D eigenvalue weighted by Gasteiger charge is -2.12. The Kier molecular flexibility index (Phi) is 4.92. The van der Waals surface area contributed by atoms with Gasteiger partial charge in [0, 0.05) is 12.4 Å². The standard InChI is InChI=1S/C26H20ClN5O/c1-15-4-5-16(13-28)10-22(15)32-25-19-11-17(18-6-8-20(27)24(12-18)33-3)7-9-21(19)30-14-23(25)31(2)26(32)29/h4-12,14,29H,1-3H3. The number of fused-ring (bicyclic) bond motifs is 3. The number of imidazole rings is 1. The summed E-state index contributed by atoms with van der Waals surface area (Å²) in [5.74, 6) is 0.609. The van der Waals surface area contributed by atoms with E-state index in [0.717, 1.165) is 44.3 Å². The van der Waals surface area contributed by atoms with Gasteiger partial charge in [-0.15, -0.1) is 0 Å². The SMILES string of the molecule is COc1cc(-c2ccc3ncc4c(c3c2)n(-c2cc(C#N)ccc2C)c(=N)n4C)ccc1Cl. The fraction of sp³-hybridized carbons (Fsp3) is 0.115. The first-order valence-corrected chi connectivity index (χ1v) is 10.7. The van der Waals surface area contributed by atoms with Gasteiger partial charge in [-0.25, -0.2) is 0 Å². The van der Waals surface area contributed by atoms with E-state index in [-0.39, 0.29) is 0 Å². The van der Waals surface area contributed by atoms with Crippen LogP contribution in [0.1, 0.15) is 11.1 Å². The third-order valence-electron chi connectivity index (χ3n) is 6.00. The van der Waals surface area contributed by atoms with Gasteiger partial charge in [0.2, 0.25) is 5.62 Å². The summed E-state index contributed by atoms with van der Waals surface area (Å²) in [6.07, 6.45) is 1.79. The van der Waals surface area contributed by atoms with E-state index in [9.17, 15) is 5.26 Å². The number of benzene rings is 3. The molecule has 0 amide bonds. The zero-order valence-electron chi connectivity index (χ0n) is 18.3. The van der Waals surface area contributed by atoms with Gasteiger partial charge in [-0.3, -0.25) is 15.0 Å². The second-order valence-electron chi connectivity index (χ2n) is 7.90. The van der Waals surface area contributed by atoms with Crippen molar-refractivity contribution in [3.63, 3.8) is 0 Å². The van der Waals surface area contributed by atoms with Crippen LogP contribution in [0.2, 0.25) is 5.02 Å². The Morgan fingerprint density at radius 3 is 2.58 bits per heavy atom. The Bertz CT molecular complexity index is 1670. The van der Waals surface area contributed by atoms with E-state index in [2.05, 4.69) is 17.1 Å². The van der Waals surface area contributed by atoms with Gasteiger partial charge in [0.15, 0.2) is 0 Å². The molecular weight excluding hydrogens is 434 g/mol. The number of ether oxygens (including phenoxy) is 1. The molecule has 0 bridgehead atoms. The van der Waals surface area contributed by atoms with E-state index in [1.54, 1.807) is 23.9 Å². The second kappa shape index (κ2) is 7.80. The molecule has 0 aliphatic carbocycles. The number of nitriles is 1. The summed E-state index contributed by atoms with van der Waals surface area (Å²) in [6.45, 7) is 1.98. The topological polar surface area (TPSA) is 79.6 Å². The molecule has 0 atom stereocenters. The zero-order valence-corrected chi connectivity index (χ0v) is 19.1. The second-order valence-corrected chi connectivity index (χ2v) is 8.31. The molecule has 5 rings (SSSR count). The van der Waals surface area contributed by atoms with Crippen molar-refractivity contribution < 1.29 is 4.74 Å². The monoisotopic (exact) mass is 453 g/mol. The molecule has 5 aromatic rings. The average Bonchev–Trinajstić information content (AvgIpc) is 3.09. The molecule has 0 aliphatic rings. The van der Waals surface area contributed by atoms with Gasteiger partial charge in [-0.1, -0.05) is 29.8 Å². The molecule has 0 saturated heterocycles. The van der Waals surface area contributed by atoms with E-state index in [1.165, 1.54) is 0 Å². The molecule has 3 aromatic carbocycles. The lowest BCUT2D eigenvalue weighted by atomic mass is 10.0. The minimum atomic E-state index is 0.302. The third kappa shape index (κ3) is 3.25. The molecule has 0 unspecified atom stereocenters. The Hall–Kier alpha value is -4.08. The number of aryl methyl sites for hydroxylation is 2. The molecule has 2 aromatic heterocycles. The van der Waals surface area contributed by atoms with Gasteiger partial charge < -0.3 is 9.30 Å². The van der Waals surface area contributed by atoms with Crippen molar-refractivity contribution in [1.82, 2.24) is 14.1 Å². The van der Waals surface area contributed by atoms with Crippen molar-refractivity contribution >= 4 is 33.5 Å². The van der Waals surface area contributed by atoms with Crippen molar-refractivity contribution in [1.29, 1.82) is 10.7 Å². The average molecular weight is 454 g/mol. The van der Waals surface area contributed by atoms with Crippen LogP contribution in [0, 0.1) is 23.7 Å². The first kappa shape index (κ1) is 20.8. The van der Waals surface area contributed by atoms with Gasteiger partial charge in [0.05, 0.1) is 52.2 Å². The number of rotatable bonds is 3. The number of hydrogen-bond donors (Lipinski definition) is 1. The molecule has 0 aliphatic heterocycles. The predicted octanol–water partition coefficient (Wildman–Crippen LogP) is 5.51. The molecule has 1 N–H and O–H groups in total. The highest BCUT2D eigenvalue weighted by molar-refractivity contribution is 6.32. The van der Waals surface area contributed by atoms with Crippen molar-refractivity contribution in [2.75, 3.05) is 7.11 Å². The number of halogens is 1. The number of nitrogens with one attached hydrogen (secondary N) is 1. The van der Waals surface area contributed by atoms with E-state index in [0.29, 0.717) is 22.0 Å². The quantitative estimate of drug-likeness (QED) is 0.391. The largest absolute Gasteiger partial charge is 0.495 e. The fourth-order valence-corrected chi connectivity index (χ4v) is 4.39. The van der Waals surface area contributed by atoms with E-state index < -0.39 is 0 Å². The summed E-state index contributed by atoms with van der Waals surface area (Å²) >= 11 is 6.22. The van der Waals surface area contributed by atoms with E-state index in [1.807, 2.05) is 61.0 Å². The van der Waals surface area contributed by atoms with Gasteiger partial charge in [-0.2, -0.15) is 5.26 Å². The summed E-state index contributed by atoms with van der Waals surface area (Å²) < 4.78 is 9.09. The highest BCUT2D eigenvalue weighted by Gasteiger charge is 2.17. The molecule has 6 nitrogen and oxygen atoms in total. The number of nitrogens with zero attached hydrogens (tertiary/aromatic N) is 4. The molecule has 0 fully saturated rings. The van der Waals surface area contributed by atoms with E-state index in [4.69, 9.17) is 21.7 Å². The van der Waals surface area contributed by atoms with Gasteiger partial charge in [-0.05, 0) is 60.0 Å². The smallest absolute Gasteiger partial charge is 0.207 e. The Labute approximate surface area is 195 Å². The van der Waals surface area contributed by atoms with Gasteiger partial charge in [0.1, 0.15) is 5.75 Å². The Morgan fingerprint density at radius 1 is 1.06 bits per heavy atom. The molecule has 2 heterocycles. The van der Waals surface area contributed by atoms with Crippen LogP contribution in [0.4, 0.5) is 0 Å². The molecule has 162 valence electrons. The first-order chi connectivity index (χ1) is 15.9. The lowest BCUT2D eigenvalue weighted by molar-refractivity contribution is 0.415. The third-order valence-corrected chi connectivity index (χ3v) is 6.31. The van der Waals surface area contributed by atoms with Crippen molar-refractivity contribution in [2.45, 2.75) is 6.92 Å². The van der Waals surface area contributed by atoms with Crippen LogP contribution in [-0.4, -0.2) is 21.2 Å². The number of methoxy groups -OCH3 is 1. The van der Waals surface area contributed by atoms with Crippen LogP contribution in [0.25, 0.3) is 38.8 Å². The van der Waals surface area contributed by atoms with Crippen molar-refractivity contribution in [2.24, 2.45) is 7.05 Å². The highest BCUT2D eigenvalue weighted by Crippen LogP contribution is 2.34. The maximum Gasteiger partial charge on any atom is 0.207 e. The molecule has 0 saturated carbocycles. The minimum absolute atomic E-state index is 0.302. The maximum absolute atomic E-state index is 9.44. The van der Waals surface area contributed by atoms with Crippen LogP contribution in [-0.2, 0) is 7.05 Å². The van der Waals surface area contributed by atoms with Crippen molar-refractivity contribution in [3.05, 3.63) is 82.6 Å². The summed E-state index contributed by atoms with van der Waals surface area (Å²) in [4.78, 5) is 4.64. The predicted molar refractivity (Wildman–Crippen MR) is 130 cm³/mol. The Morgan fingerprint density at radius 2 is 1.82 bits per heavy atom. The minimum Gasteiger partial charge on any atom is -0.495 e. The normalized spacial score (nSPS) is 11.1. The molecular formula is C26H20ClN5O. The summed E-state index contributed by atoms with van der Waals surface area (Å²) in [5, 5.41) is 19.7. The summed E-state index contributed by atoms with van der Waals surface area (Å²) in [6, 6.07) is 19.5. The fourth-order valence-electron chi connectivity index (χ4n) is 4.19. The van der Waals surface area contributed by atoms with Gasteiger partial charge in [0.25, 0.3) is 0 Å². The molecule has 0 spiro atoms. The van der Waals surface area contributed by atoms with E-state index >= 15 is 0 Å². The molecule has 0 radical (unpaired) electrons. The molecule has 33 heavy (non-hydrogen) atoms. The number of pyridine rings is 1. The first-order valence-electron chi connectivity index (χ1n) is 10.3. The van der Waals surface area contributed by atoms with Crippen molar-refractivity contribution in [3.8, 4) is 28.6 Å². The van der Waals surface area contributed by atoms with Gasteiger partial charge >= 0.3 is 0 Å². The number of aromatic nitrogens is 3. The summed E-state index contributed by atoms with van der Waals surface area (Å²) in [7, 11) is 3.45. The van der Waals surface area contributed by atoms with Crippen LogP contribution in [0.3, 0.4) is 0 Å². The lowest BCUT2D eigenvalue weighted by Crippen LogP contribution is -2.21. The van der Waals surface area contributed by atoms with Crippen LogP contribution in [0.15, 0.2) is 60.8 Å². The highest BCUT2D eigenvalue weighted by atomic mass is 35.5. The van der Waals surface area contributed by atoms with Crippen LogP contribution in [0.5, 0.6) is 5.75 Å². The molecule has 7 heteroatoms. The van der Waals surface area contributed by atoms with Crippen LogP contribution >= 0.6 is 11.6 Å².